The summed E-state index contributed by atoms with van der Waals surface area (Å²) in [5, 5.41) is 0. The lowest BCUT2D eigenvalue weighted by atomic mass is 9.98. The molecule has 0 N–H and O–H groups in total. The van der Waals surface area contributed by atoms with Crippen LogP contribution in [0.3, 0.4) is 0 Å². The molecule has 0 saturated heterocycles. The maximum Gasteiger partial charge on any atom is 0.119 e. The Bertz CT molecular complexity index is 400. The van der Waals surface area contributed by atoms with Crippen molar-refractivity contribution in [2.24, 2.45) is 11.8 Å². The number of halogens is 2. The largest absolute Gasteiger partial charge is 0.378 e. The van der Waals surface area contributed by atoms with Gasteiger partial charge >= 0.3 is 0 Å². The highest BCUT2D eigenvalue weighted by molar-refractivity contribution is 6.48. The minimum atomic E-state index is -0.571. The topological polar surface area (TPSA) is 26.3 Å². The van der Waals surface area contributed by atoms with E-state index in [1.165, 1.54) is 64.2 Å². The molecule has 2 bridgehead atoms. The number of alkyl halides is 2. The van der Waals surface area contributed by atoms with E-state index in [2.05, 4.69) is 0 Å². The summed E-state index contributed by atoms with van der Waals surface area (Å²) in [7, 11) is 0. The number of aldehydes is 1. The summed E-state index contributed by atoms with van der Waals surface area (Å²) in [6.07, 6.45) is 21.5. The highest BCUT2D eigenvalue weighted by atomic mass is 35.5. The van der Waals surface area contributed by atoms with Crippen LogP contribution in [0, 0.1) is 11.8 Å². The van der Waals surface area contributed by atoms with Crippen LogP contribution in [0.15, 0.2) is 0 Å². The number of hydrogen-bond donors (Lipinski definition) is 0. The molecule has 3 unspecified atom stereocenters. The van der Waals surface area contributed by atoms with Crippen LogP contribution >= 0.6 is 23.2 Å². The Hall–Kier alpha value is 0.210. The quantitative estimate of drug-likeness (QED) is 0.138. The summed E-state index contributed by atoms with van der Waals surface area (Å²) in [6.45, 7) is 0.974. The maximum absolute atomic E-state index is 10.3. The second-order valence-electron chi connectivity index (χ2n) is 8.93. The van der Waals surface area contributed by atoms with E-state index in [1.54, 1.807) is 0 Å². The SMILES string of the molecule is O=CCCCCCC(Cl)(Cl)CCCCCCCCCOC1CC2CCC1C2. The molecule has 3 atom stereocenters. The predicted octanol–water partition coefficient (Wildman–Crippen LogP) is 7.64. The van der Waals surface area contributed by atoms with Crippen molar-refractivity contribution in [2.75, 3.05) is 6.61 Å². The molecule has 0 aromatic heterocycles. The van der Waals surface area contributed by atoms with E-state index in [0.29, 0.717) is 12.5 Å². The zero-order valence-electron chi connectivity index (χ0n) is 17.1. The molecule has 0 aromatic carbocycles. The van der Waals surface area contributed by atoms with E-state index < -0.39 is 4.33 Å². The van der Waals surface area contributed by atoms with E-state index in [0.717, 1.165) is 63.3 Å². The summed E-state index contributed by atoms with van der Waals surface area (Å²) in [4.78, 5) is 10.3. The van der Waals surface area contributed by atoms with Gasteiger partial charge in [-0.3, -0.25) is 0 Å². The Morgan fingerprint density at radius 2 is 1.44 bits per heavy atom. The summed E-state index contributed by atoms with van der Waals surface area (Å²) in [6, 6.07) is 0. The standard InChI is InChI=1S/C23H40Cl2O2/c24-23(25,15-9-5-6-10-16-26)14-8-4-2-1-3-7-11-17-27-22-19-20-12-13-21(22)18-20/h16,20-22H,1-15,17-19H2. The molecule has 2 fully saturated rings. The smallest absolute Gasteiger partial charge is 0.119 e. The predicted molar refractivity (Wildman–Crippen MR) is 116 cm³/mol. The Morgan fingerprint density at radius 1 is 0.815 bits per heavy atom. The molecular formula is C23H40Cl2O2. The second kappa shape index (κ2) is 13.4. The molecule has 0 heterocycles. The zero-order chi connectivity index (χ0) is 19.4. The Balaban J connectivity index is 1.32. The average molecular weight is 419 g/mol. The van der Waals surface area contributed by atoms with Gasteiger partial charge in [-0.1, -0.05) is 51.4 Å². The average Bonchev–Trinajstić information content (AvgIpc) is 3.26. The van der Waals surface area contributed by atoms with Crippen LogP contribution in [0.1, 0.15) is 109 Å². The molecule has 0 spiro atoms. The van der Waals surface area contributed by atoms with Crippen LogP contribution in [0.2, 0.25) is 0 Å². The Kier molecular flexibility index (Phi) is 11.7. The monoisotopic (exact) mass is 418 g/mol. The van der Waals surface area contributed by atoms with Gasteiger partial charge in [0, 0.05) is 13.0 Å². The first-order chi connectivity index (χ1) is 13.1. The number of unbranched alkanes of at least 4 members (excludes halogenated alkanes) is 9. The van der Waals surface area contributed by atoms with Crippen molar-refractivity contribution in [2.45, 2.75) is 120 Å². The van der Waals surface area contributed by atoms with Crippen LogP contribution in [0.25, 0.3) is 0 Å². The minimum absolute atomic E-state index is 0.571. The Morgan fingerprint density at radius 3 is 2.04 bits per heavy atom. The third kappa shape index (κ3) is 9.99. The molecule has 2 aliphatic rings. The van der Waals surface area contributed by atoms with E-state index >= 15 is 0 Å². The fourth-order valence-corrected chi connectivity index (χ4v) is 5.44. The molecular weight excluding hydrogens is 379 g/mol. The van der Waals surface area contributed by atoms with Crippen molar-refractivity contribution in [3.05, 3.63) is 0 Å². The van der Waals surface area contributed by atoms with Gasteiger partial charge in [-0.15, -0.1) is 23.2 Å². The summed E-state index contributed by atoms with van der Waals surface area (Å²) in [5.74, 6) is 1.88. The van der Waals surface area contributed by atoms with Gasteiger partial charge in [-0.05, 0) is 63.2 Å². The van der Waals surface area contributed by atoms with Crippen molar-refractivity contribution in [3.63, 3.8) is 0 Å². The molecule has 2 rings (SSSR count). The van der Waals surface area contributed by atoms with Crippen molar-refractivity contribution >= 4 is 29.5 Å². The third-order valence-corrected chi connectivity index (χ3v) is 7.31. The normalized spacial score (nSPS) is 24.6. The van der Waals surface area contributed by atoms with E-state index in [-0.39, 0.29) is 0 Å². The lowest BCUT2D eigenvalue weighted by Gasteiger charge is -2.22. The second-order valence-corrected chi connectivity index (χ2v) is 10.6. The lowest BCUT2D eigenvalue weighted by Crippen LogP contribution is -2.20. The fraction of sp³-hybridized carbons (Fsp3) is 0.957. The highest BCUT2D eigenvalue weighted by Gasteiger charge is 2.39. The number of carbonyl (C=O) groups excluding carboxylic acids is 1. The van der Waals surface area contributed by atoms with Gasteiger partial charge in [0.25, 0.3) is 0 Å². The molecule has 4 heteroatoms. The molecule has 2 saturated carbocycles. The van der Waals surface area contributed by atoms with Crippen molar-refractivity contribution < 1.29 is 9.53 Å². The van der Waals surface area contributed by atoms with Crippen LogP contribution in [0.5, 0.6) is 0 Å². The van der Waals surface area contributed by atoms with Crippen LogP contribution in [-0.2, 0) is 9.53 Å². The van der Waals surface area contributed by atoms with Gasteiger partial charge in [0.1, 0.15) is 10.6 Å². The third-order valence-electron chi connectivity index (χ3n) is 6.56. The van der Waals surface area contributed by atoms with E-state index in [1.807, 2.05) is 0 Å². The van der Waals surface area contributed by atoms with Crippen molar-refractivity contribution in [1.82, 2.24) is 0 Å². The molecule has 0 aromatic rings. The van der Waals surface area contributed by atoms with Gasteiger partial charge in [0.05, 0.1) is 6.10 Å². The molecule has 2 aliphatic carbocycles. The number of carbonyl (C=O) groups is 1. The number of rotatable bonds is 17. The minimum Gasteiger partial charge on any atom is -0.378 e. The zero-order valence-corrected chi connectivity index (χ0v) is 18.6. The van der Waals surface area contributed by atoms with Crippen LogP contribution in [0.4, 0.5) is 0 Å². The maximum atomic E-state index is 10.3. The highest BCUT2D eigenvalue weighted by Crippen LogP contribution is 2.45. The molecule has 0 aliphatic heterocycles. The first-order valence-electron chi connectivity index (χ1n) is 11.5. The number of fused-ring (bicyclic) bond motifs is 2. The van der Waals surface area contributed by atoms with E-state index in [4.69, 9.17) is 27.9 Å². The number of hydrogen-bond acceptors (Lipinski definition) is 2. The Labute approximate surface area is 177 Å². The number of ether oxygens (including phenoxy) is 1. The summed E-state index contributed by atoms with van der Waals surface area (Å²) >= 11 is 12.8. The molecule has 27 heavy (non-hydrogen) atoms. The summed E-state index contributed by atoms with van der Waals surface area (Å²) in [5.41, 5.74) is 0. The van der Waals surface area contributed by atoms with Crippen molar-refractivity contribution in [3.8, 4) is 0 Å². The van der Waals surface area contributed by atoms with Gasteiger partial charge in [-0.25, -0.2) is 0 Å². The van der Waals surface area contributed by atoms with Crippen molar-refractivity contribution in [1.29, 1.82) is 0 Å². The molecule has 2 nitrogen and oxygen atoms in total. The van der Waals surface area contributed by atoms with Crippen LogP contribution in [-0.4, -0.2) is 23.3 Å². The first kappa shape index (κ1) is 23.5. The molecule has 0 amide bonds. The molecule has 158 valence electrons. The van der Waals surface area contributed by atoms with Crippen LogP contribution < -0.4 is 0 Å². The first-order valence-corrected chi connectivity index (χ1v) is 12.3. The lowest BCUT2D eigenvalue weighted by molar-refractivity contribution is -0.107. The van der Waals surface area contributed by atoms with Gasteiger partial charge in [0.15, 0.2) is 0 Å². The fourth-order valence-electron chi connectivity index (χ4n) is 4.91. The summed E-state index contributed by atoms with van der Waals surface area (Å²) < 4.78 is 5.56. The van der Waals surface area contributed by atoms with E-state index in [9.17, 15) is 4.79 Å². The van der Waals surface area contributed by atoms with Gasteiger partial charge in [-0.2, -0.15) is 0 Å². The molecule has 0 radical (unpaired) electrons. The van der Waals surface area contributed by atoms with Gasteiger partial charge in [0.2, 0.25) is 0 Å². The van der Waals surface area contributed by atoms with Gasteiger partial charge < -0.3 is 9.53 Å².